The van der Waals surface area contributed by atoms with Crippen molar-refractivity contribution in [1.29, 1.82) is 0 Å². The van der Waals surface area contributed by atoms with Gasteiger partial charge in [0, 0.05) is 47.0 Å². The predicted octanol–water partition coefficient (Wildman–Crippen LogP) is 7.67. The molecule has 0 unspecified atom stereocenters. The Balaban J connectivity index is 0.00000336. The number of nitrogens with zero attached hydrogens (tertiary/aromatic N) is 2. The van der Waals surface area contributed by atoms with Gasteiger partial charge in [0.25, 0.3) is 0 Å². The summed E-state index contributed by atoms with van der Waals surface area (Å²) in [5.74, 6) is 0.921. The smallest absolute Gasteiger partial charge is 0.206 e. The molecule has 5 aromatic rings. The van der Waals surface area contributed by atoms with Crippen LogP contribution in [0.15, 0.2) is 107 Å². The van der Waals surface area contributed by atoms with Crippen molar-refractivity contribution < 1.29 is 8.42 Å². The second kappa shape index (κ2) is 12.2. The molecular weight excluding hydrogens is 561 g/mol. The number of anilines is 3. The van der Waals surface area contributed by atoms with Crippen LogP contribution in [0.2, 0.25) is 0 Å². The van der Waals surface area contributed by atoms with E-state index >= 15 is 0 Å². The van der Waals surface area contributed by atoms with Gasteiger partial charge in [-0.1, -0.05) is 36.4 Å². The fourth-order valence-electron chi connectivity index (χ4n) is 4.38. The summed E-state index contributed by atoms with van der Waals surface area (Å²) >= 11 is 11.8. The minimum atomic E-state index is -3.67. The molecule has 1 heterocycles. The van der Waals surface area contributed by atoms with Crippen molar-refractivity contribution in [3.8, 4) is 0 Å². The van der Waals surface area contributed by atoms with Gasteiger partial charge < -0.3 is 10.2 Å². The Hall–Kier alpha value is -3.03. The maximum absolute atomic E-state index is 13.3. The van der Waals surface area contributed by atoms with E-state index in [4.69, 9.17) is 28.2 Å². The molecule has 0 bridgehead atoms. The van der Waals surface area contributed by atoms with E-state index in [2.05, 4.69) is 5.32 Å². The minimum absolute atomic E-state index is 0. The normalized spacial score (nSPS) is 11.3. The number of hydrogen-bond donors (Lipinski definition) is 1. The van der Waals surface area contributed by atoms with Gasteiger partial charge >= 0.3 is 0 Å². The zero-order valence-electron chi connectivity index (χ0n) is 20.3. The summed E-state index contributed by atoms with van der Waals surface area (Å²) in [7, 11) is -3.67. The number of hydrogen-bond acceptors (Lipinski definition) is 5. The number of para-hydroxylation sites is 2. The van der Waals surface area contributed by atoms with Gasteiger partial charge in [0.05, 0.1) is 26.5 Å². The third-order valence-corrected chi connectivity index (χ3v) is 8.37. The van der Waals surface area contributed by atoms with E-state index in [1.807, 2.05) is 53.4 Å². The molecule has 9 heteroatoms. The first-order valence-corrected chi connectivity index (χ1v) is 14.4. The van der Waals surface area contributed by atoms with Crippen LogP contribution in [0.5, 0.6) is 0 Å². The number of nitrogens with one attached hydrogen (secondary N) is 1. The highest BCUT2D eigenvalue weighted by Gasteiger charge is 2.18. The van der Waals surface area contributed by atoms with Crippen LogP contribution in [-0.4, -0.2) is 38.3 Å². The molecule has 4 aromatic carbocycles. The minimum Gasteiger partial charge on any atom is -0.369 e. The van der Waals surface area contributed by atoms with Gasteiger partial charge in [-0.3, -0.25) is 0 Å². The predicted molar refractivity (Wildman–Crippen MR) is 162 cm³/mol. The van der Waals surface area contributed by atoms with E-state index in [1.165, 1.54) is 0 Å². The average Bonchev–Trinajstić information content (AvgIpc) is 2.93. The summed E-state index contributed by atoms with van der Waals surface area (Å²) in [4.78, 5) is 7.26. The van der Waals surface area contributed by atoms with E-state index in [0.717, 1.165) is 38.9 Å². The fraction of sp³-hybridized carbons (Fsp3) is 0.138. The number of aromatic nitrogens is 1. The Morgan fingerprint density at radius 3 is 1.66 bits per heavy atom. The van der Waals surface area contributed by atoms with Crippen molar-refractivity contribution >= 4 is 84.3 Å². The number of pyridine rings is 1. The molecule has 5 nitrogen and oxygen atoms in total. The largest absolute Gasteiger partial charge is 0.369 e. The Morgan fingerprint density at radius 2 is 1.16 bits per heavy atom. The molecule has 0 aliphatic heterocycles. The van der Waals surface area contributed by atoms with E-state index in [9.17, 15) is 8.42 Å². The lowest BCUT2D eigenvalue weighted by Gasteiger charge is -2.23. The van der Waals surface area contributed by atoms with Gasteiger partial charge in [-0.15, -0.1) is 35.6 Å². The third kappa shape index (κ3) is 5.69. The molecular formula is C29H26Cl3N3O2S. The highest BCUT2D eigenvalue weighted by molar-refractivity contribution is 7.91. The summed E-state index contributed by atoms with van der Waals surface area (Å²) in [6, 6.07) is 29.6. The van der Waals surface area contributed by atoms with Crippen LogP contribution in [-0.2, 0) is 9.84 Å². The molecule has 196 valence electrons. The molecule has 1 aromatic heterocycles. The van der Waals surface area contributed by atoms with E-state index in [1.54, 1.807) is 48.5 Å². The first kappa shape index (κ1) is 28.0. The van der Waals surface area contributed by atoms with Crippen LogP contribution in [0.1, 0.15) is 0 Å². The van der Waals surface area contributed by atoms with E-state index < -0.39 is 9.84 Å². The van der Waals surface area contributed by atoms with Crippen molar-refractivity contribution in [2.24, 2.45) is 0 Å². The van der Waals surface area contributed by atoms with Crippen molar-refractivity contribution in [3.05, 3.63) is 97.1 Å². The Labute approximate surface area is 238 Å². The van der Waals surface area contributed by atoms with E-state index in [-0.39, 0.29) is 22.2 Å². The van der Waals surface area contributed by atoms with Crippen LogP contribution in [0.3, 0.4) is 0 Å². The van der Waals surface area contributed by atoms with Crippen LogP contribution < -0.4 is 10.2 Å². The SMILES string of the molecule is Cl.O=S(=O)(c1ccc(Nc2c3ccccc3nc3ccccc23)cc1)c1ccc(N(CCCl)CCCl)cc1. The molecule has 0 saturated carbocycles. The molecule has 0 radical (unpaired) electrons. The number of alkyl halides is 2. The molecule has 0 aliphatic rings. The van der Waals surface area contributed by atoms with Crippen molar-refractivity contribution in [1.82, 2.24) is 4.98 Å². The highest BCUT2D eigenvalue weighted by atomic mass is 35.5. The van der Waals surface area contributed by atoms with Crippen LogP contribution >= 0.6 is 35.6 Å². The lowest BCUT2D eigenvalue weighted by Crippen LogP contribution is -2.27. The third-order valence-electron chi connectivity index (χ3n) is 6.24. The highest BCUT2D eigenvalue weighted by Crippen LogP contribution is 2.33. The Kier molecular flexibility index (Phi) is 9.00. The van der Waals surface area contributed by atoms with Crippen molar-refractivity contribution in [3.63, 3.8) is 0 Å². The quantitative estimate of drug-likeness (QED) is 0.142. The van der Waals surface area contributed by atoms with Gasteiger partial charge in [0.2, 0.25) is 9.84 Å². The summed E-state index contributed by atoms with van der Waals surface area (Å²) < 4.78 is 26.6. The number of rotatable bonds is 9. The molecule has 1 N–H and O–H groups in total. The van der Waals surface area contributed by atoms with Crippen LogP contribution in [0, 0.1) is 0 Å². The van der Waals surface area contributed by atoms with Gasteiger partial charge in [-0.25, -0.2) is 13.4 Å². The van der Waals surface area contributed by atoms with Gasteiger partial charge in [-0.2, -0.15) is 0 Å². The number of fused-ring (bicyclic) bond motifs is 2. The summed E-state index contributed by atoms with van der Waals surface area (Å²) in [5.41, 5.74) is 4.39. The van der Waals surface area contributed by atoms with E-state index in [0.29, 0.717) is 24.8 Å². The molecule has 5 rings (SSSR count). The maximum Gasteiger partial charge on any atom is 0.206 e. The van der Waals surface area contributed by atoms with Gasteiger partial charge in [0.1, 0.15) is 0 Å². The van der Waals surface area contributed by atoms with Crippen LogP contribution in [0.4, 0.5) is 17.1 Å². The summed E-state index contributed by atoms with van der Waals surface area (Å²) in [6.07, 6.45) is 0. The summed E-state index contributed by atoms with van der Waals surface area (Å²) in [6.45, 7) is 1.27. The number of halogens is 3. The maximum atomic E-state index is 13.3. The monoisotopic (exact) mass is 585 g/mol. The topological polar surface area (TPSA) is 62.3 Å². The molecule has 0 atom stereocenters. The first-order chi connectivity index (χ1) is 18.0. The summed E-state index contributed by atoms with van der Waals surface area (Å²) in [5, 5.41) is 5.48. The lowest BCUT2D eigenvalue weighted by molar-refractivity contribution is 0.596. The second-order valence-electron chi connectivity index (χ2n) is 8.53. The standard InChI is InChI=1S/C29H25Cl2N3O2S.ClH/c30-17-19-34(20-18-31)22-11-15-24(16-12-22)37(35,36)23-13-9-21(10-14-23)32-29-25-5-1-3-7-27(25)33-28-8-4-2-6-26(28)29;/h1-16H,17-20H2,(H,32,33);1H. The second-order valence-corrected chi connectivity index (χ2v) is 11.2. The van der Waals surface area contributed by atoms with Crippen LogP contribution in [0.25, 0.3) is 21.8 Å². The zero-order valence-corrected chi connectivity index (χ0v) is 23.5. The van der Waals surface area contributed by atoms with Gasteiger partial charge in [-0.05, 0) is 60.7 Å². The lowest BCUT2D eigenvalue weighted by atomic mass is 10.1. The van der Waals surface area contributed by atoms with Gasteiger partial charge in [0.15, 0.2) is 0 Å². The van der Waals surface area contributed by atoms with Crippen molar-refractivity contribution in [2.75, 3.05) is 35.1 Å². The molecule has 0 fully saturated rings. The average molecular weight is 587 g/mol. The molecule has 0 amide bonds. The Morgan fingerprint density at radius 1 is 0.684 bits per heavy atom. The number of benzene rings is 4. The molecule has 0 saturated heterocycles. The zero-order chi connectivity index (χ0) is 25.8. The first-order valence-electron chi connectivity index (χ1n) is 11.9. The van der Waals surface area contributed by atoms with Crippen molar-refractivity contribution in [2.45, 2.75) is 9.79 Å². The number of sulfone groups is 1. The Bertz CT molecular complexity index is 1580. The molecule has 0 aliphatic carbocycles. The molecule has 0 spiro atoms. The molecule has 38 heavy (non-hydrogen) atoms. The fourth-order valence-corrected chi connectivity index (χ4v) is 6.05.